The number of likely N-dealkylation sites (N-methyl/N-ethyl adjacent to an activating group) is 1. The summed E-state index contributed by atoms with van der Waals surface area (Å²) in [5.74, 6) is 0.973. The summed E-state index contributed by atoms with van der Waals surface area (Å²) < 4.78 is 37.7. The van der Waals surface area contributed by atoms with Crippen LogP contribution in [0.3, 0.4) is 0 Å². The third-order valence-electron chi connectivity index (χ3n) is 5.02. The van der Waals surface area contributed by atoms with E-state index in [1.165, 1.54) is 17.7 Å². The number of rotatable bonds is 4. The highest BCUT2D eigenvalue weighted by molar-refractivity contribution is 5.94. The van der Waals surface area contributed by atoms with Crippen LogP contribution in [0.5, 0.6) is 0 Å². The van der Waals surface area contributed by atoms with Crippen molar-refractivity contribution in [2.45, 2.75) is 31.0 Å². The molecule has 1 amide bonds. The molecular formula is C18H18F3N5O. The normalized spacial score (nSPS) is 17.6. The van der Waals surface area contributed by atoms with Gasteiger partial charge in [-0.1, -0.05) is 0 Å². The van der Waals surface area contributed by atoms with Crippen molar-refractivity contribution in [3.63, 3.8) is 0 Å². The third kappa shape index (κ3) is 3.58. The minimum Gasteiger partial charge on any atom is -0.351 e. The fourth-order valence-corrected chi connectivity index (χ4v) is 3.05. The molecule has 2 aromatic heterocycles. The van der Waals surface area contributed by atoms with Gasteiger partial charge in [-0.05, 0) is 37.1 Å². The van der Waals surface area contributed by atoms with Crippen LogP contribution in [-0.4, -0.2) is 52.2 Å². The van der Waals surface area contributed by atoms with Crippen LogP contribution < -0.4 is 4.90 Å². The molecule has 1 saturated heterocycles. The fraction of sp³-hybridized carbons (Fsp3) is 0.444. The summed E-state index contributed by atoms with van der Waals surface area (Å²) in [6.45, 7) is 1.21. The lowest BCUT2D eigenvalue weighted by Crippen LogP contribution is -2.60. The van der Waals surface area contributed by atoms with Crippen LogP contribution in [0, 0.1) is 0 Å². The summed E-state index contributed by atoms with van der Waals surface area (Å²) in [5.41, 5.74) is 0.153. The maximum atomic E-state index is 12.6. The molecule has 0 aromatic carbocycles. The van der Waals surface area contributed by atoms with Gasteiger partial charge in [-0.2, -0.15) is 18.3 Å². The Morgan fingerprint density at radius 1 is 1.15 bits per heavy atom. The molecule has 9 heteroatoms. The van der Waals surface area contributed by atoms with Crippen molar-refractivity contribution in [3.8, 4) is 0 Å². The molecule has 3 heterocycles. The highest BCUT2D eigenvalue weighted by atomic mass is 19.4. The van der Waals surface area contributed by atoms with Crippen LogP contribution in [0.4, 0.5) is 19.0 Å². The SMILES string of the molecule is CN(C(=O)c1ccc(C(F)(F)F)nc1)C1CN(c2ccc(C3CC3)nn2)C1. The maximum absolute atomic E-state index is 12.6. The Bertz CT molecular complexity index is 828. The van der Waals surface area contributed by atoms with Gasteiger partial charge >= 0.3 is 6.18 Å². The predicted molar refractivity (Wildman–Crippen MR) is 91.3 cm³/mol. The zero-order chi connectivity index (χ0) is 19.2. The summed E-state index contributed by atoms with van der Waals surface area (Å²) in [7, 11) is 1.64. The van der Waals surface area contributed by atoms with Crippen LogP contribution in [0.1, 0.15) is 40.5 Å². The van der Waals surface area contributed by atoms with Crippen LogP contribution in [0.2, 0.25) is 0 Å². The molecule has 2 aromatic rings. The van der Waals surface area contributed by atoms with E-state index in [0.717, 1.165) is 29.8 Å². The van der Waals surface area contributed by atoms with E-state index in [1.807, 2.05) is 17.0 Å². The van der Waals surface area contributed by atoms with Gasteiger partial charge in [-0.15, -0.1) is 5.10 Å². The highest BCUT2D eigenvalue weighted by Crippen LogP contribution is 2.39. The Morgan fingerprint density at radius 3 is 2.41 bits per heavy atom. The monoisotopic (exact) mass is 377 g/mol. The van der Waals surface area contributed by atoms with Gasteiger partial charge < -0.3 is 9.80 Å². The van der Waals surface area contributed by atoms with Crippen molar-refractivity contribution in [2.75, 3.05) is 25.0 Å². The highest BCUT2D eigenvalue weighted by Gasteiger charge is 2.35. The lowest BCUT2D eigenvalue weighted by molar-refractivity contribution is -0.141. The van der Waals surface area contributed by atoms with Crippen LogP contribution >= 0.6 is 0 Å². The van der Waals surface area contributed by atoms with Gasteiger partial charge in [0.25, 0.3) is 5.91 Å². The largest absolute Gasteiger partial charge is 0.433 e. The zero-order valence-electron chi connectivity index (χ0n) is 14.6. The van der Waals surface area contributed by atoms with E-state index in [4.69, 9.17) is 0 Å². The number of nitrogens with zero attached hydrogens (tertiary/aromatic N) is 5. The topological polar surface area (TPSA) is 62.2 Å². The lowest BCUT2D eigenvalue weighted by Gasteiger charge is -2.44. The summed E-state index contributed by atoms with van der Waals surface area (Å²) in [5, 5.41) is 8.50. The fourth-order valence-electron chi connectivity index (χ4n) is 3.05. The van der Waals surface area contributed by atoms with Crippen LogP contribution in [-0.2, 0) is 6.18 Å². The molecule has 1 aliphatic heterocycles. The van der Waals surface area contributed by atoms with Crippen LogP contribution in [0.15, 0.2) is 30.5 Å². The average molecular weight is 377 g/mol. The second-order valence-electron chi connectivity index (χ2n) is 7.00. The number of amides is 1. The smallest absolute Gasteiger partial charge is 0.351 e. The van der Waals surface area contributed by atoms with Crippen LogP contribution in [0.25, 0.3) is 0 Å². The molecular weight excluding hydrogens is 359 g/mol. The molecule has 0 spiro atoms. The number of hydrogen-bond donors (Lipinski definition) is 0. The molecule has 142 valence electrons. The van der Waals surface area contributed by atoms with Gasteiger partial charge in [-0.25, -0.2) is 0 Å². The molecule has 1 saturated carbocycles. The Morgan fingerprint density at radius 2 is 1.89 bits per heavy atom. The molecule has 0 unspecified atom stereocenters. The summed E-state index contributed by atoms with van der Waals surface area (Å²) in [6, 6.07) is 5.89. The van der Waals surface area contributed by atoms with Crippen molar-refractivity contribution in [2.24, 2.45) is 0 Å². The Kier molecular flexibility index (Phi) is 4.24. The number of halogens is 3. The molecule has 4 rings (SSSR count). The number of alkyl halides is 3. The first-order valence-corrected chi connectivity index (χ1v) is 8.72. The van der Waals surface area contributed by atoms with Gasteiger partial charge in [0.2, 0.25) is 0 Å². The van der Waals surface area contributed by atoms with E-state index in [1.54, 1.807) is 7.05 Å². The van der Waals surface area contributed by atoms with Crippen molar-refractivity contribution >= 4 is 11.7 Å². The molecule has 6 nitrogen and oxygen atoms in total. The number of carbonyl (C=O) groups is 1. The molecule has 2 fully saturated rings. The Labute approximate surface area is 154 Å². The van der Waals surface area contributed by atoms with Gasteiger partial charge in [0.15, 0.2) is 5.82 Å². The molecule has 1 aliphatic carbocycles. The van der Waals surface area contributed by atoms with E-state index >= 15 is 0 Å². The average Bonchev–Trinajstić information content (AvgIpc) is 3.45. The lowest BCUT2D eigenvalue weighted by atomic mass is 10.1. The van der Waals surface area contributed by atoms with E-state index in [0.29, 0.717) is 19.0 Å². The van der Waals surface area contributed by atoms with Gasteiger partial charge in [0.05, 0.1) is 17.3 Å². The van der Waals surface area contributed by atoms with E-state index in [-0.39, 0.29) is 17.5 Å². The van der Waals surface area contributed by atoms with Crippen molar-refractivity contribution < 1.29 is 18.0 Å². The molecule has 2 aliphatic rings. The number of carbonyl (C=O) groups excluding carboxylic acids is 1. The Balaban J connectivity index is 1.35. The number of pyridine rings is 1. The summed E-state index contributed by atoms with van der Waals surface area (Å²) in [4.78, 5) is 19.4. The van der Waals surface area contributed by atoms with Crippen molar-refractivity contribution in [3.05, 3.63) is 47.4 Å². The second kappa shape index (κ2) is 6.47. The molecule has 0 atom stereocenters. The number of anilines is 1. The minimum absolute atomic E-state index is 0.0373. The summed E-state index contributed by atoms with van der Waals surface area (Å²) in [6.07, 6.45) is -1.20. The van der Waals surface area contributed by atoms with E-state index < -0.39 is 11.9 Å². The van der Waals surface area contributed by atoms with E-state index in [9.17, 15) is 18.0 Å². The first-order valence-electron chi connectivity index (χ1n) is 8.72. The molecule has 0 radical (unpaired) electrons. The summed E-state index contributed by atoms with van der Waals surface area (Å²) >= 11 is 0. The Hall–Kier alpha value is -2.71. The quantitative estimate of drug-likeness (QED) is 0.820. The van der Waals surface area contributed by atoms with Gasteiger partial charge in [0.1, 0.15) is 5.69 Å². The van der Waals surface area contributed by atoms with Crippen molar-refractivity contribution in [1.82, 2.24) is 20.1 Å². The van der Waals surface area contributed by atoms with Gasteiger partial charge in [0, 0.05) is 32.3 Å². The van der Waals surface area contributed by atoms with Gasteiger partial charge in [-0.3, -0.25) is 9.78 Å². The number of aromatic nitrogens is 3. The second-order valence-corrected chi connectivity index (χ2v) is 7.00. The molecule has 27 heavy (non-hydrogen) atoms. The third-order valence-corrected chi connectivity index (χ3v) is 5.02. The minimum atomic E-state index is -4.52. The molecule has 0 bridgehead atoms. The zero-order valence-corrected chi connectivity index (χ0v) is 14.6. The van der Waals surface area contributed by atoms with Crippen molar-refractivity contribution in [1.29, 1.82) is 0 Å². The predicted octanol–water partition coefficient (Wildman–Crippen LogP) is 2.73. The number of hydrogen-bond acceptors (Lipinski definition) is 5. The molecule has 0 N–H and O–H groups in total. The standard InChI is InChI=1S/C18H18F3N5O/c1-25(17(27)12-4-6-15(22-8-12)18(19,20)21)13-9-26(10-13)16-7-5-14(23-24-16)11-2-3-11/h4-8,11,13H,2-3,9-10H2,1H3. The maximum Gasteiger partial charge on any atom is 0.433 e. The first kappa shape index (κ1) is 17.7. The first-order chi connectivity index (χ1) is 12.8. The van der Waals surface area contributed by atoms with E-state index in [2.05, 4.69) is 15.2 Å².